The molecule has 0 saturated carbocycles. The molecule has 0 aliphatic rings. The summed E-state index contributed by atoms with van der Waals surface area (Å²) >= 11 is 3.54. The summed E-state index contributed by atoms with van der Waals surface area (Å²) in [5.74, 6) is -1.12. The van der Waals surface area contributed by atoms with Crippen LogP contribution in [0.1, 0.15) is 49.9 Å². The molecule has 0 bridgehead atoms. The molecular formula is C15H22ClN2O4S-. The van der Waals surface area contributed by atoms with Crippen LogP contribution in [0.2, 0.25) is 5.02 Å². The molecule has 1 atom stereocenters. The van der Waals surface area contributed by atoms with Gasteiger partial charge >= 0.3 is 5.97 Å². The van der Waals surface area contributed by atoms with Crippen LogP contribution in [0.3, 0.4) is 0 Å². The first kappa shape index (κ1) is 19.7. The number of rotatable bonds is 10. The van der Waals surface area contributed by atoms with Crippen molar-refractivity contribution in [2.24, 2.45) is 0 Å². The first-order chi connectivity index (χ1) is 10.9. The summed E-state index contributed by atoms with van der Waals surface area (Å²) in [7, 11) is 0. The second-order valence-corrected chi connectivity index (χ2v) is 6.27. The van der Waals surface area contributed by atoms with Crippen LogP contribution in [0, 0.1) is 0 Å². The van der Waals surface area contributed by atoms with Gasteiger partial charge in [-0.05, 0) is 25.0 Å². The van der Waals surface area contributed by atoms with Crippen LogP contribution in [0.4, 0.5) is 11.4 Å². The number of carboxylic acid groups (broad SMARTS) is 1. The molecule has 1 aromatic carbocycles. The van der Waals surface area contributed by atoms with E-state index < -0.39 is 17.2 Å². The van der Waals surface area contributed by atoms with Crippen molar-refractivity contribution in [1.29, 1.82) is 0 Å². The van der Waals surface area contributed by atoms with Gasteiger partial charge in [0.05, 0.1) is 22.0 Å². The van der Waals surface area contributed by atoms with E-state index in [4.69, 9.17) is 11.6 Å². The van der Waals surface area contributed by atoms with Crippen LogP contribution in [0.25, 0.3) is 0 Å². The van der Waals surface area contributed by atoms with Gasteiger partial charge in [0.2, 0.25) is 0 Å². The molecule has 0 aliphatic carbocycles. The molecule has 130 valence electrons. The maximum Gasteiger partial charge on any atom is 0.337 e. The largest absolute Gasteiger partial charge is 0.755 e. The van der Waals surface area contributed by atoms with Gasteiger partial charge < -0.3 is 19.3 Å². The molecule has 0 spiro atoms. The number of halogens is 1. The Morgan fingerprint density at radius 3 is 2.30 bits per heavy atom. The molecule has 2 N–H and O–H groups in total. The number of hydrogen-bond donors (Lipinski definition) is 2. The molecule has 0 heterocycles. The van der Waals surface area contributed by atoms with Crippen LogP contribution < -0.4 is 9.62 Å². The number of unbranched alkanes of at least 4 members (excludes halogenated alkanes) is 2. The highest BCUT2D eigenvalue weighted by Crippen LogP contribution is 2.32. The monoisotopic (exact) mass is 361 g/mol. The van der Waals surface area contributed by atoms with E-state index >= 15 is 0 Å². The maximum absolute atomic E-state index is 11.6. The lowest BCUT2D eigenvalue weighted by atomic mass is 10.1. The zero-order valence-electron chi connectivity index (χ0n) is 13.3. The molecule has 1 aromatic rings. The van der Waals surface area contributed by atoms with Crippen molar-refractivity contribution in [3.05, 3.63) is 22.7 Å². The Labute approximate surface area is 144 Å². The maximum atomic E-state index is 11.6. The summed E-state index contributed by atoms with van der Waals surface area (Å²) in [5, 5.41) is 9.64. The van der Waals surface area contributed by atoms with Gasteiger partial charge in [-0.25, -0.2) is 4.79 Å². The van der Waals surface area contributed by atoms with Gasteiger partial charge in [-0.15, -0.1) is 0 Å². The summed E-state index contributed by atoms with van der Waals surface area (Å²) in [4.78, 5) is 13.6. The van der Waals surface area contributed by atoms with E-state index in [-0.39, 0.29) is 16.3 Å². The van der Waals surface area contributed by atoms with Gasteiger partial charge in [-0.1, -0.05) is 38.3 Å². The van der Waals surface area contributed by atoms with Gasteiger partial charge in [0, 0.05) is 24.4 Å². The average Bonchev–Trinajstić information content (AvgIpc) is 2.48. The van der Waals surface area contributed by atoms with Gasteiger partial charge in [0.15, 0.2) is 0 Å². The van der Waals surface area contributed by atoms with E-state index in [1.807, 2.05) is 4.90 Å². The fraction of sp³-hybridized carbons (Fsp3) is 0.533. The third-order valence-electron chi connectivity index (χ3n) is 3.41. The van der Waals surface area contributed by atoms with Crippen molar-refractivity contribution in [3.63, 3.8) is 0 Å². The number of benzene rings is 1. The van der Waals surface area contributed by atoms with Gasteiger partial charge in [0.1, 0.15) is 0 Å². The van der Waals surface area contributed by atoms with E-state index in [1.54, 1.807) is 0 Å². The molecule has 0 aliphatic heterocycles. The van der Waals surface area contributed by atoms with E-state index in [0.717, 1.165) is 38.8 Å². The minimum absolute atomic E-state index is 0.0366. The summed E-state index contributed by atoms with van der Waals surface area (Å²) < 4.78 is 23.7. The number of anilines is 2. The van der Waals surface area contributed by atoms with Crippen molar-refractivity contribution < 1.29 is 18.7 Å². The summed E-state index contributed by atoms with van der Waals surface area (Å²) in [5.41, 5.74) is 0.619. The van der Waals surface area contributed by atoms with Crippen molar-refractivity contribution >= 4 is 40.2 Å². The third-order valence-corrected chi connectivity index (χ3v) is 4.11. The van der Waals surface area contributed by atoms with Gasteiger partial charge in [0.25, 0.3) is 0 Å². The second-order valence-electron chi connectivity index (χ2n) is 5.19. The third kappa shape index (κ3) is 6.01. The lowest BCUT2D eigenvalue weighted by molar-refractivity contribution is 0.0697. The topological polar surface area (TPSA) is 92.7 Å². The highest BCUT2D eigenvalue weighted by atomic mass is 35.5. The minimum Gasteiger partial charge on any atom is -0.755 e. The highest BCUT2D eigenvalue weighted by Gasteiger charge is 2.19. The van der Waals surface area contributed by atoms with Crippen molar-refractivity contribution in [1.82, 2.24) is 0 Å². The Hall–Kier alpha value is -1.31. The van der Waals surface area contributed by atoms with Crippen LogP contribution in [0.15, 0.2) is 12.1 Å². The average molecular weight is 362 g/mol. The lowest BCUT2D eigenvalue weighted by Crippen LogP contribution is -2.27. The van der Waals surface area contributed by atoms with Crippen LogP contribution in [0.5, 0.6) is 0 Å². The molecular weight excluding hydrogens is 340 g/mol. The van der Waals surface area contributed by atoms with Gasteiger partial charge in [-0.3, -0.25) is 4.21 Å². The summed E-state index contributed by atoms with van der Waals surface area (Å²) in [6, 6.07) is 2.78. The molecule has 0 radical (unpaired) electrons. The number of nitrogens with zero attached hydrogens (tertiary/aromatic N) is 1. The molecule has 0 fully saturated rings. The minimum atomic E-state index is -2.57. The van der Waals surface area contributed by atoms with Gasteiger partial charge in [-0.2, -0.15) is 0 Å². The Morgan fingerprint density at radius 1 is 1.30 bits per heavy atom. The summed E-state index contributed by atoms with van der Waals surface area (Å²) in [6.07, 6.45) is 3.86. The Balaban J connectivity index is 3.26. The Bertz CT molecular complexity index is 561. The Kier molecular flexibility index (Phi) is 8.36. The smallest absolute Gasteiger partial charge is 0.337 e. The van der Waals surface area contributed by atoms with Crippen molar-refractivity contribution in [3.8, 4) is 0 Å². The molecule has 0 amide bonds. The SMILES string of the molecule is CCCCN(CCCC)c1cc(Cl)c(NS(=O)[O-])cc1C(=O)O. The first-order valence-corrected chi connectivity index (χ1v) is 9.03. The molecule has 0 saturated heterocycles. The van der Waals surface area contributed by atoms with Crippen LogP contribution in [-0.2, 0) is 11.3 Å². The zero-order chi connectivity index (χ0) is 17.4. The molecule has 8 heteroatoms. The quantitative estimate of drug-likeness (QED) is 0.620. The number of carboxylic acids is 1. The summed E-state index contributed by atoms with van der Waals surface area (Å²) in [6.45, 7) is 5.60. The van der Waals surface area contributed by atoms with Crippen molar-refractivity contribution in [2.75, 3.05) is 22.7 Å². The lowest BCUT2D eigenvalue weighted by Gasteiger charge is -2.27. The number of hydrogen-bond acceptors (Lipinski definition) is 4. The van der Waals surface area contributed by atoms with E-state index in [1.165, 1.54) is 12.1 Å². The fourth-order valence-corrected chi connectivity index (χ4v) is 2.82. The Morgan fingerprint density at radius 2 is 1.87 bits per heavy atom. The van der Waals surface area contributed by atoms with Crippen molar-refractivity contribution in [2.45, 2.75) is 39.5 Å². The highest BCUT2D eigenvalue weighted by molar-refractivity contribution is 7.80. The van der Waals surface area contributed by atoms with E-state index in [9.17, 15) is 18.7 Å². The van der Waals surface area contributed by atoms with E-state index in [0.29, 0.717) is 5.69 Å². The molecule has 6 nitrogen and oxygen atoms in total. The first-order valence-electron chi connectivity index (χ1n) is 7.58. The predicted molar refractivity (Wildman–Crippen MR) is 93.0 cm³/mol. The van der Waals surface area contributed by atoms with Crippen LogP contribution in [-0.4, -0.2) is 32.9 Å². The molecule has 23 heavy (non-hydrogen) atoms. The van der Waals surface area contributed by atoms with E-state index in [2.05, 4.69) is 18.6 Å². The standard InChI is InChI=1S/C15H23ClN2O4S/c1-3-5-7-18(8-6-4-2)14-10-12(16)13(17-23(21)22)9-11(14)15(19)20/h9-10,17H,3-8H2,1-2H3,(H,19,20)(H,21,22)/p-1. The van der Waals surface area contributed by atoms with Crippen LogP contribution >= 0.6 is 11.6 Å². The number of nitrogens with one attached hydrogen (secondary N) is 1. The fourth-order valence-electron chi connectivity index (χ4n) is 2.21. The zero-order valence-corrected chi connectivity index (χ0v) is 14.9. The normalized spacial score (nSPS) is 12.0. The number of aromatic carboxylic acids is 1. The number of carbonyl (C=O) groups is 1. The molecule has 0 aromatic heterocycles. The predicted octanol–water partition coefficient (Wildman–Crippen LogP) is 3.65. The molecule has 1 unspecified atom stereocenters. The molecule has 1 rings (SSSR count). The second kappa shape index (κ2) is 9.75.